The summed E-state index contributed by atoms with van der Waals surface area (Å²) >= 11 is 1.79. The fourth-order valence-electron chi connectivity index (χ4n) is 1.51. The first kappa shape index (κ1) is 11.4. The van der Waals surface area contributed by atoms with Crippen LogP contribution in [0.25, 0.3) is 0 Å². The smallest absolute Gasteiger partial charge is 0.178 e. The molecule has 1 aromatic heterocycles. The van der Waals surface area contributed by atoms with Gasteiger partial charge in [0.05, 0.1) is 0 Å². The van der Waals surface area contributed by atoms with Gasteiger partial charge in [-0.1, -0.05) is 0 Å². The van der Waals surface area contributed by atoms with Crippen LogP contribution in [0.1, 0.15) is 6.42 Å². The molecule has 2 rings (SSSR count). The van der Waals surface area contributed by atoms with Gasteiger partial charge in [0.1, 0.15) is 0 Å². The molecule has 1 atom stereocenters. The van der Waals surface area contributed by atoms with Crippen molar-refractivity contribution in [3.8, 4) is 0 Å². The van der Waals surface area contributed by atoms with Crippen LogP contribution in [0, 0.1) is 11.6 Å². The molecule has 0 radical (unpaired) electrons. The van der Waals surface area contributed by atoms with E-state index in [2.05, 4.69) is 15.7 Å². The van der Waals surface area contributed by atoms with Gasteiger partial charge in [0.2, 0.25) is 0 Å². The van der Waals surface area contributed by atoms with Crippen LogP contribution < -0.4 is 16.6 Å². The van der Waals surface area contributed by atoms with Crippen molar-refractivity contribution in [1.29, 1.82) is 0 Å². The molecule has 0 aromatic carbocycles. The maximum Gasteiger partial charge on any atom is 0.178 e. The van der Waals surface area contributed by atoms with Crippen LogP contribution in [0.5, 0.6) is 0 Å². The topological polar surface area (TPSA) is 63.0 Å². The minimum absolute atomic E-state index is 0.0434. The number of hydrogen-bond donors (Lipinski definition) is 3. The third-order valence-corrected chi connectivity index (χ3v) is 3.50. The van der Waals surface area contributed by atoms with Gasteiger partial charge in [-0.15, -0.1) is 0 Å². The van der Waals surface area contributed by atoms with Crippen molar-refractivity contribution in [2.45, 2.75) is 12.5 Å². The van der Waals surface area contributed by atoms with Crippen molar-refractivity contribution in [1.82, 2.24) is 4.98 Å². The second kappa shape index (κ2) is 4.84. The molecule has 2 heterocycles. The second-order valence-corrected chi connectivity index (χ2v) is 4.65. The predicted molar refractivity (Wildman–Crippen MR) is 61.3 cm³/mol. The highest BCUT2D eigenvalue weighted by Gasteiger charge is 2.18. The molecule has 1 aromatic rings. The van der Waals surface area contributed by atoms with Crippen molar-refractivity contribution < 1.29 is 8.78 Å². The largest absolute Gasteiger partial charge is 0.364 e. The van der Waals surface area contributed by atoms with Crippen LogP contribution >= 0.6 is 11.8 Å². The first-order valence-corrected chi connectivity index (χ1v) is 6.03. The minimum atomic E-state index is -0.800. The van der Waals surface area contributed by atoms with E-state index in [1.807, 2.05) is 0 Å². The summed E-state index contributed by atoms with van der Waals surface area (Å²) in [6, 6.07) is 0.954. The van der Waals surface area contributed by atoms with Crippen molar-refractivity contribution in [3.05, 3.63) is 17.7 Å². The Morgan fingerprint density at radius 3 is 2.75 bits per heavy atom. The lowest BCUT2D eigenvalue weighted by atomic mass is 10.2. The van der Waals surface area contributed by atoms with Gasteiger partial charge in [-0.3, -0.25) is 0 Å². The lowest BCUT2D eigenvalue weighted by molar-refractivity contribution is 0.576. The number of anilines is 2. The van der Waals surface area contributed by atoms with Crippen molar-refractivity contribution in [3.63, 3.8) is 0 Å². The van der Waals surface area contributed by atoms with Crippen LogP contribution in [-0.2, 0) is 0 Å². The Bertz CT molecular complexity index is 382. The zero-order valence-corrected chi connectivity index (χ0v) is 9.28. The van der Waals surface area contributed by atoms with Gasteiger partial charge >= 0.3 is 0 Å². The molecule has 1 aliphatic heterocycles. The second-order valence-electron chi connectivity index (χ2n) is 3.50. The van der Waals surface area contributed by atoms with E-state index in [1.54, 1.807) is 11.8 Å². The first-order chi connectivity index (χ1) is 7.70. The molecule has 0 bridgehead atoms. The third-order valence-electron chi connectivity index (χ3n) is 2.34. The normalized spacial score (nSPS) is 19.8. The maximum atomic E-state index is 13.4. The molecule has 0 spiro atoms. The summed E-state index contributed by atoms with van der Waals surface area (Å²) < 4.78 is 26.4. The number of nitrogen functional groups attached to an aromatic ring is 1. The Morgan fingerprint density at radius 1 is 1.38 bits per heavy atom. The summed E-state index contributed by atoms with van der Waals surface area (Å²) in [6.45, 7) is 0. The summed E-state index contributed by atoms with van der Waals surface area (Å²) in [4.78, 5) is 3.75. The Kier molecular flexibility index (Phi) is 3.45. The van der Waals surface area contributed by atoms with E-state index in [-0.39, 0.29) is 17.7 Å². The van der Waals surface area contributed by atoms with Gasteiger partial charge in [-0.25, -0.2) is 19.6 Å². The van der Waals surface area contributed by atoms with Gasteiger partial charge in [-0.05, 0) is 12.2 Å². The van der Waals surface area contributed by atoms with Crippen LogP contribution in [0.2, 0.25) is 0 Å². The number of rotatable bonds is 3. The first-order valence-electron chi connectivity index (χ1n) is 4.87. The average molecular weight is 246 g/mol. The number of nitrogens with two attached hydrogens (primary N) is 1. The summed E-state index contributed by atoms with van der Waals surface area (Å²) in [5.41, 5.74) is 2.09. The number of nitrogens with zero attached hydrogens (tertiary/aromatic N) is 1. The zero-order chi connectivity index (χ0) is 11.5. The fourth-order valence-corrected chi connectivity index (χ4v) is 2.66. The molecule has 0 amide bonds. The molecule has 1 fully saturated rings. The average Bonchev–Trinajstić information content (AvgIpc) is 2.75. The SMILES string of the molecule is NNc1nc(NC2CCSC2)c(F)cc1F. The van der Waals surface area contributed by atoms with Crippen molar-refractivity contribution >= 4 is 23.4 Å². The van der Waals surface area contributed by atoms with Crippen LogP contribution in [0.4, 0.5) is 20.4 Å². The Balaban J connectivity index is 2.18. The summed E-state index contributed by atoms with van der Waals surface area (Å²) in [7, 11) is 0. The van der Waals surface area contributed by atoms with Crippen molar-refractivity contribution in [2.24, 2.45) is 5.84 Å². The van der Waals surface area contributed by atoms with E-state index in [4.69, 9.17) is 5.84 Å². The van der Waals surface area contributed by atoms with E-state index in [1.165, 1.54) is 0 Å². The predicted octanol–water partition coefficient (Wildman–Crippen LogP) is 1.56. The quantitative estimate of drug-likeness (QED) is 0.558. The Morgan fingerprint density at radius 2 is 2.12 bits per heavy atom. The van der Waals surface area contributed by atoms with E-state index >= 15 is 0 Å². The maximum absolute atomic E-state index is 13.4. The molecular weight excluding hydrogens is 234 g/mol. The summed E-state index contributed by atoms with van der Waals surface area (Å²) in [5.74, 6) is 5.41. The van der Waals surface area contributed by atoms with E-state index in [0.717, 1.165) is 24.0 Å². The Labute approximate surface area is 96.0 Å². The van der Waals surface area contributed by atoms with Crippen LogP contribution in [0.15, 0.2) is 6.07 Å². The van der Waals surface area contributed by atoms with Gasteiger partial charge in [0, 0.05) is 17.9 Å². The summed E-state index contributed by atoms with van der Waals surface area (Å²) in [6.07, 6.45) is 0.953. The monoisotopic (exact) mass is 246 g/mol. The highest BCUT2D eigenvalue weighted by molar-refractivity contribution is 7.99. The third kappa shape index (κ3) is 2.35. The summed E-state index contributed by atoms with van der Waals surface area (Å²) in [5, 5.41) is 2.94. The lowest BCUT2D eigenvalue weighted by Crippen LogP contribution is -2.21. The molecule has 0 saturated carbocycles. The number of hydrogen-bond acceptors (Lipinski definition) is 5. The number of hydrazine groups is 1. The molecule has 1 saturated heterocycles. The van der Waals surface area contributed by atoms with Crippen LogP contribution in [0.3, 0.4) is 0 Å². The molecule has 7 heteroatoms. The van der Waals surface area contributed by atoms with E-state index < -0.39 is 11.6 Å². The number of pyridine rings is 1. The van der Waals surface area contributed by atoms with Gasteiger partial charge in [-0.2, -0.15) is 11.8 Å². The van der Waals surface area contributed by atoms with Gasteiger partial charge in [0.15, 0.2) is 23.3 Å². The molecule has 16 heavy (non-hydrogen) atoms. The van der Waals surface area contributed by atoms with Crippen molar-refractivity contribution in [2.75, 3.05) is 22.2 Å². The molecule has 0 aliphatic carbocycles. The number of thioether (sulfide) groups is 1. The highest BCUT2D eigenvalue weighted by Crippen LogP contribution is 2.23. The number of nitrogens with one attached hydrogen (secondary N) is 2. The molecular formula is C9H12F2N4S. The van der Waals surface area contributed by atoms with E-state index in [0.29, 0.717) is 0 Å². The lowest BCUT2D eigenvalue weighted by Gasteiger charge is -2.13. The molecule has 4 N–H and O–H groups in total. The number of aromatic nitrogens is 1. The minimum Gasteiger partial charge on any atom is -0.364 e. The molecule has 88 valence electrons. The van der Waals surface area contributed by atoms with Gasteiger partial charge in [0.25, 0.3) is 0 Å². The van der Waals surface area contributed by atoms with Gasteiger partial charge < -0.3 is 10.7 Å². The van der Waals surface area contributed by atoms with E-state index in [9.17, 15) is 8.78 Å². The van der Waals surface area contributed by atoms with Crippen LogP contribution in [-0.4, -0.2) is 22.5 Å². The Hall–Kier alpha value is -1.08. The zero-order valence-electron chi connectivity index (χ0n) is 8.46. The molecule has 4 nitrogen and oxygen atoms in total. The molecule has 1 unspecified atom stereocenters. The highest BCUT2D eigenvalue weighted by atomic mass is 32.2. The number of halogens is 2. The molecule has 1 aliphatic rings. The standard InChI is InChI=1S/C9H12F2N4S/c10-6-3-7(11)9(15-12)14-8(6)13-5-1-2-16-4-5/h3,5H,1-2,4,12H2,(H2,13,14,15). The fraction of sp³-hybridized carbons (Fsp3) is 0.444.